The fraction of sp³-hybridized carbons (Fsp3) is 0.364. The Morgan fingerprint density at radius 2 is 2.19 bits per heavy atom. The van der Waals surface area contributed by atoms with E-state index < -0.39 is 0 Å². The highest BCUT2D eigenvalue weighted by atomic mass is 35.5. The number of aryl methyl sites for hydroxylation is 1. The summed E-state index contributed by atoms with van der Waals surface area (Å²) in [6.45, 7) is 0.702. The van der Waals surface area contributed by atoms with Crippen molar-refractivity contribution in [1.82, 2.24) is 9.55 Å². The van der Waals surface area contributed by atoms with Crippen molar-refractivity contribution >= 4 is 34.2 Å². The van der Waals surface area contributed by atoms with Crippen molar-refractivity contribution in [2.45, 2.75) is 12.4 Å². The fourth-order valence-electron chi connectivity index (χ4n) is 1.77. The van der Waals surface area contributed by atoms with Gasteiger partial charge in [-0.2, -0.15) is 0 Å². The lowest BCUT2D eigenvalue weighted by Crippen LogP contribution is -2.03. The molecule has 0 bridgehead atoms. The number of methoxy groups -OCH3 is 1. The number of hydrogen-bond donors (Lipinski definition) is 0. The summed E-state index contributed by atoms with van der Waals surface area (Å²) < 4.78 is 7.29. The third-order valence-electron chi connectivity index (χ3n) is 2.47. The quantitative estimate of drug-likeness (QED) is 0.789. The third kappa shape index (κ3) is 1.85. The SMILES string of the molecule is COc1cccc2c1nc(CCl)n2CCCl. The zero-order valence-corrected chi connectivity index (χ0v) is 10.4. The van der Waals surface area contributed by atoms with Crippen molar-refractivity contribution in [3.05, 3.63) is 24.0 Å². The molecule has 1 aromatic heterocycles. The van der Waals surface area contributed by atoms with Crippen molar-refractivity contribution < 1.29 is 4.74 Å². The number of halogens is 2. The predicted molar refractivity (Wildman–Crippen MR) is 66.6 cm³/mol. The number of ether oxygens (including phenoxy) is 1. The fourth-order valence-corrected chi connectivity index (χ4v) is 2.14. The first-order chi connectivity index (χ1) is 7.81. The minimum Gasteiger partial charge on any atom is -0.494 e. The topological polar surface area (TPSA) is 27.1 Å². The van der Waals surface area contributed by atoms with Crippen molar-refractivity contribution in [3.8, 4) is 5.75 Å². The maximum Gasteiger partial charge on any atom is 0.146 e. The third-order valence-corrected chi connectivity index (χ3v) is 2.88. The molecule has 0 aliphatic heterocycles. The Kier molecular flexibility index (Phi) is 3.56. The maximum atomic E-state index is 5.87. The van der Waals surface area contributed by atoms with Crippen molar-refractivity contribution in [2.75, 3.05) is 13.0 Å². The second kappa shape index (κ2) is 4.93. The van der Waals surface area contributed by atoms with E-state index in [4.69, 9.17) is 27.9 Å². The van der Waals surface area contributed by atoms with Crippen LogP contribution in [0.4, 0.5) is 0 Å². The van der Waals surface area contributed by atoms with Gasteiger partial charge < -0.3 is 9.30 Å². The van der Waals surface area contributed by atoms with E-state index in [1.807, 2.05) is 22.8 Å². The van der Waals surface area contributed by atoms with E-state index in [2.05, 4.69) is 4.98 Å². The number of rotatable bonds is 4. The van der Waals surface area contributed by atoms with Gasteiger partial charge in [-0.15, -0.1) is 23.2 Å². The highest BCUT2D eigenvalue weighted by Gasteiger charge is 2.12. The van der Waals surface area contributed by atoms with Gasteiger partial charge in [-0.05, 0) is 12.1 Å². The van der Waals surface area contributed by atoms with E-state index in [1.54, 1.807) is 7.11 Å². The molecular formula is C11H12Cl2N2O. The van der Waals surface area contributed by atoms with Crippen LogP contribution in [0, 0.1) is 0 Å². The van der Waals surface area contributed by atoms with Crippen LogP contribution in [0.1, 0.15) is 5.82 Å². The highest BCUT2D eigenvalue weighted by molar-refractivity contribution is 6.18. The highest BCUT2D eigenvalue weighted by Crippen LogP contribution is 2.26. The molecule has 3 nitrogen and oxygen atoms in total. The van der Waals surface area contributed by atoms with Crippen LogP contribution in [0.15, 0.2) is 18.2 Å². The lowest BCUT2D eigenvalue weighted by atomic mass is 10.3. The van der Waals surface area contributed by atoms with Gasteiger partial charge in [0.1, 0.15) is 17.1 Å². The van der Waals surface area contributed by atoms with Crippen molar-refractivity contribution in [1.29, 1.82) is 0 Å². The Morgan fingerprint density at radius 1 is 1.38 bits per heavy atom. The summed E-state index contributed by atoms with van der Waals surface area (Å²) >= 11 is 11.6. The predicted octanol–water partition coefficient (Wildman–Crippen LogP) is 3.02. The number of imidazole rings is 1. The summed E-state index contributed by atoms with van der Waals surface area (Å²) in [5, 5.41) is 0. The molecule has 0 fully saturated rings. The standard InChI is InChI=1S/C11H12Cl2N2O/c1-16-9-4-2-3-8-11(9)14-10(7-13)15(8)6-5-12/h2-4H,5-7H2,1H3. The number of nitrogens with zero attached hydrogens (tertiary/aromatic N) is 2. The molecule has 0 unspecified atom stereocenters. The van der Waals surface area contributed by atoms with Crippen LogP contribution in [0.5, 0.6) is 5.75 Å². The molecule has 86 valence electrons. The Bertz CT molecular complexity index is 496. The monoisotopic (exact) mass is 258 g/mol. The molecule has 16 heavy (non-hydrogen) atoms. The van der Waals surface area contributed by atoms with Gasteiger partial charge >= 0.3 is 0 Å². The first kappa shape index (κ1) is 11.6. The zero-order chi connectivity index (χ0) is 11.5. The van der Waals surface area contributed by atoms with Gasteiger partial charge in [0.25, 0.3) is 0 Å². The Labute approximate surface area is 104 Å². The number of aromatic nitrogens is 2. The van der Waals surface area contributed by atoms with Crippen LogP contribution in [-0.2, 0) is 12.4 Å². The second-order valence-electron chi connectivity index (χ2n) is 3.33. The normalized spacial score (nSPS) is 10.9. The molecule has 0 saturated heterocycles. The van der Waals surface area contributed by atoms with Gasteiger partial charge in [0.2, 0.25) is 0 Å². The van der Waals surface area contributed by atoms with Crippen LogP contribution in [0.25, 0.3) is 11.0 Å². The number of para-hydroxylation sites is 1. The van der Waals surface area contributed by atoms with Gasteiger partial charge in [-0.25, -0.2) is 4.98 Å². The number of alkyl halides is 2. The molecule has 0 N–H and O–H groups in total. The number of fused-ring (bicyclic) bond motifs is 1. The summed E-state index contributed by atoms with van der Waals surface area (Å²) in [6.07, 6.45) is 0. The molecular weight excluding hydrogens is 247 g/mol. The lowest BCUT2D eigenvalue weighted by molar-refractivity contribution is 0.419. The number of benzene rings is 1. The summed E-state index contributed by atoms with van der Waals surface area (Å²) in [6, 6.07) is 5.82. The van der Waals surface area contributed by atoms with Crippen molar-refractivity contribution in [3.63, 3.8) is 0 Å². The van der Waals surface area contributed by atoms with E-state index in [9.17, 15) is 0 Å². The largest absolute Gasteiger partial charge is 0.494 e. The summed E-state index contributed by atoms with van der Waals surface area (Å²) in [7, 11) is 1.63. The zero-order valence-electron chi connectivity index (χ0n) is 8.91. The molecule has 1 heterocycles. The average molecular weight is 259 g/mol. The second-order valence-corrected chi connectivity index (χ2v) is 3.98. The smallest absolute Gasteiger partial charge is 0.146 e. The van der Waals surface area contributed by atoms with E-state index in [0.717, 1.165) is 22.6 Å². The lowest BCUT2D eigenvalue weighted by Gasteiger charge is -2.04. The Balaban J connectivity index is 2.66. The van der Waals surface area contributed by atoms with E-state index in [0.29, 0.717) is 18.3 Å². The molecule has 0 radical (unpaired) electrons. The van der Waals surface area contributed by atoms with Gasteiger partial charge in [0.15, 0.2) is 0 Å². The first-order valence-corrected chi connectivity index (χ1v) is 6.02. The van der Waals surface area contributed by atoms with Crippen LogP contribution >= 0.6 is 23.2 Å². The molecule has 0 amide bonds. The number of hydrogen-bond acceptors (Lipinski definition) is 2. The Hall–Kier alpha value is -0.930. The molecule has 0 saturated carbocycles. The van der Waals surface area contributed by atoms with Crippen molar-refractivity contribution in [2.24, 2.45) is 0 Å². The van der Waals surface area contributed by atoms with Crippen LogP contribution in [-0.4, -0.2) is 22.5 Å². The average Bonchev–Trinajstić information content (AvgIpc) is 2.68. The molecule has 0 aliphatic rings. The van der Waals surface area contributed by atoms with Gasteiger partial charge in [0, 0.05) is 12.4 Å². The van der Waals surface area contributed by atoms with Crippen LogP contribution < -0.4 is 4.74 Å². The van der Waals surface area contributed by atoms with E-state index >= 15 is 0 Å². The van der Waals surface area contributed by atoms with E-state index in [-0.39, 0.29) is 0 Å². The summed E-state index contributed by atoms with van der Waals surface area (Å²) in [5.74, 6) is 2.49. The molecule has 2 rings (SSSR count). The molecule has 5 heteroatoms. The first-order valence-electron chi connectivity index (χ1n) is 4.96. The minimum absolute atomic E-state index is 0.370. The van der Waals surface area contributed by atoms with Crippen LogP contribution in [0.2, 0.25) is 0 Å². The molecule has 0 atom stereocenters. The molecule has 0 aliphatic carbocycles. The summed E-state index contributed by atoms with van der Waals surface area (Å²) in [4.78, 5) is 4.47. The molecule has 2 aromatic rings. The molecule has 0 spiro atoms. The van der Waals surface area contributed by atoms with Gasteiger partial charge in [-0.1, -0.05) is 6.07 Å². The minimum atomic E-state index is 0.370. The van der Waals surface area contributed by atoms with Gasteiger partial charge in [-0.3, -0.25) is 0 Å². The molecule has 1 aromatic carbocycles. The summed E-state index contributed by atoms with van der Waals surface area (Å²) in [5.41, 5.74) is 1.85. The Morgan fingerprint density at radius 3 is 2.81 bits per heavy atom. The van der Waals surface area contributed by atoms with Crippen LogP contribution in [0.3, 0.4) is 0 Å². The van der Waals surface area contributed by atoms with E-state index in [1.165, 1.54) is 0 Å². The van der Waals surface area contributed by atoms with Gasteiger partial charge in [0.05, 0.1) is 18.5 Å². The maximum absolute atomic E-state index is 5.87.